The third-order valence-corrected chi connectivity index (χ3v) is 7.21. The van der Waals surface area contributed by atoms with E-state index in [1.54, 1.807) is 30.0 Å². The topological polar surface area (TPSA) is 75.3 Å². The summed E-state index contributed by atoms with van der Waals surface area (Å²) in [5.41, 5.74) is 0.595. The molecule has 1 saturated carbocycles. The molecule has 0 unspecified atom stereocenters. The van der Waals surface area contributed by atoms with Crippen LogP contribution in [0.2, 0.25) is 0 Å². The Hall–Kier alpha value is -1.05. The van der Waals surface area contributed by atoms with Crippen LogP contribution in [0.5, 0.6) is 0 Å². The number of hydrogen-bond donors (Lipinski definition) is 2. The van der Waals surface area contributed by atoms with Gasteiger partial charge in [0.2, 0.25) is 15.9 Å². The molecule has 2 aliphatic rings. The predicted molar refractivity (Wildman–Crippen MR) is 96.8 cm³/mol. The first-order valence-corrected chi connectivity index (χ1v) is 10.9. The van der Waals surface area contributed by atoms with Gasteiger partial charge in [0.25, 0.3) is 0 Å². The minimum absolute atomic E-state index is 0.0142. The normalized spacial score (nSPS) is 23.0. The van der Waals surface area contributed by atoms with Crippen LogP contribution in [0.4, 0.5) is 5.69 Å². The number of anilines is 1. The number of rotatable bonds is 3. The van der Waals surface area contributed by atoms with Crippen LogP contribution in [-0.4, -0.2) is 25.6 Å². The fourth-order valence-corrected chi connectivity index (χ4v) is 5.66. The Kier molecular flexibility index (Phi) is 5.52. The second-order valence-electron chi connectivity index (χ2n) is 6.65. The summed E-state index contributed by atoms with van der Waals surface area (Å²) in [6, 6.07) is 5.02. The van der Waals surface area contributed by atoms with Crippen molar-refractivity contribution in [1.29, 1.82) is 0 Å². The Balaban J connectivity index is 1.82. The molecular formula is C17H24N2O3S2. The summed E-state index contributed by atoms with van der Waals surface area (Å²) in [4.78, 5) is 13.0. The second-order valence-corrected chi connectivity index (χ2v) is 9.84. The van der Waals surface area contributed by atoms with Crippen LogP contribution in [0.25, 0.3) is 0 Å². The molecule has 5 nitrogen and oxygen atoms in total. The molecular weight excluding hydrogens is 344 g/mol. The molecule has 0 saturated heterocycles. The van der Waals surface area contributed by atoms with E-state index in [-0.39, 0.29) is 22.1 Å². The first kappa shape index (κ1) is 17.8. The standard InChI is InChI=1S/C17H24N2O3S2/c1-12-10-17(20)18-15-11-14(8-9-16(15)23-12)24(21,22)19-13-6-4-2-3-5-7-13/h8-9,11-13,19H,2-7,10H2,1H3,(H,18,20)/t12-/m1/s1. The zero-order valence-corrected chi connectivity index (χ0v) is 15.5. The van der Waals surface area contributed by atoms with E-state index in [4.69, 9.17) is 0 Å². The summed E-state index contributed by atoms with van der Waals surface area (Å²) in [5, 5.41) is 3.01. The summed E-state index contributed by atoms with van der Waals surface area (Å²) in [6.45, 7) is 2.00. The number of thioether (sulfide) groups is 1. The van der Waals surface area contributed by atoms with Crippen molar-refractivity contribution in [1.82, 2.24) is 4.72 Å². The van der Waals surface area contributed by atoms with Gasteiger partial charge in [0.05, 0.1) is 10.6 Å². The number of nitrogens with one attached hydrogen (secondary N) is 2. The highest BCUT2D eigenvalue weighted by Gasteiger charge is 2.24. The zero-order valence-electron chi connectivity index (χ0n) is 13.9. The SMILES string of the molecule is C[C@@H]1CC(=O)Nc2cc(S(=O)(=O)NC3CCCCCC3)ccc2S1. The van der Waals surface area contributed by atoms with Crippen molar-refractivity contribution >= 4 is 33.4 Å². The molecule has 7 heteroatoms. The maximum absolute atomic E-state index is 12.7. The van der Waals surface area contributed by atoms with E-state index in [0.717, 1.165) is 30.6 Å². The third-order valence-electron chi connectivity index (χ3n) is 4.51. The minimum atomic E-state index is -3.56. The lowest BCUT2D eigenvalue weighted by atomic mass is 10.1. The molecule has 1 aromatic carbocycles. The molecule has 3 rings (SSSR count). The molecule has 1 aliphatic carbocycles. The fraction of sp³-hybridized carbons (Fsp3) is 0.588. The van der Waals surface area contributed by atoms with E-state index in [9.17, 15) is 13.2 Å². The predicted octanol–water partition coefficient (Wildman–Crippen LogP) is 3.51. The van der Waals surface area contributed by atoms with Crippen LogP contribution in [0.15, 0.2) is 28.0 Å². The number of amides is 1. The van der Waals surface area contributed by atoms with Gasteiger partial charge in [-0.05, 0) is 31.0 Å². The van der Waals surface area contributed by atoms with Gasteiger partial charge in [-0.25, -0.2) is 13.1 Å². The van der Waals surface area contributed by atoms with Crippen molar-refractivity contribution in [2.75, 3.05) is 5.32 Å². The molecule has 0 radical (unpaired) electrons. The Morgan fingerprint density at radius 3 is 2.58 bits per heavy atom. The minimum Gasteiger partial charge on any atom is -0.325 e. The number of carbonyl (C=O) groups is 1. The summed E-state index contributed by atoms with van der Waals surface area (Å²) in [6.07, 6.45) is 6.73. The average Bonchev–Trinajstić information content (AvgIpc) is 2.83. The summed E-state index contributed by atoms with van der Waals surface area (Å²) in [5.74, 6) is -0.0694. The van der Waals surface area contributed by atoms with Crippen LogP contribution in [0.3, 0.4) is 0 Å². The van der Waals surface area contributed by atoms with Gasteiger partial charge in [-0.1, -0.05) is 32.6 Å². The Labute approximate surface area is 148 Å². The van der Waals surface area contributed by atoms with Crippen molar-refractivity contribution in [2.45, 2.75) is 73.0 Å². The van der Waals surface area contributed by atoms with E-state index < -0.39 is 10.0 Å². The lowest BCUT2D eigenvalue weighted by Gasteiger charge is -2.17. The number of hydrogen-bond acceptors (Lipinski definition) is 4. The molecule has 2 N–H and O–H groups in total. The van der Waals surface area contributed by atoms with Gasteiger partial charge in [-0.15, -0.1) is 11.8 Å². The molecule has 1 atom stereocenters. The molecule has 1 heterocycles. The lowest BCUT2D eigenvalue weighted by Crippen LogP contribution is -2.34. The number of sulfonamides is 1. The smallest absolute Gasteiger partial charge is 0.240 e. The Bertz CT molecular complexity index is 711. The third kappa shape index (κ3) is 4.32. The molecule has 132 valence electrons. The summed E-state index contributed by atoms with van der Waals surface area (Å²) < 4.78 is 28.2. The fourth-order valence-electron chi connectivity index (χ4n) is 3.28. The average molecular weight is 369 g/mol. The number of benzene rings is 1. The van der Waals surface area contributed by atoms with Crippen LogP contribution in [-0.2, 0) is 14.8 Å². The highest BCUT2D eigenvalue weighted by molar-refractivity contribution is 8.00. The second kappa shape index (κ2) is 7.45. The maximum Gasteiger partial charge on any atom is 0.240 e. The van der Waals surface area contributed by atoms with Gasteiger partial charge < -0.3 is 5.32 Å². The quantitative estimate of drug-likeness (QED) is 0.801. The van der Waals surface area contributed by atoms with Crippen molar-refractivity contribution in [3.8, 4) is 0 Å². The Morgan fingerprint density at radius 1 is 1.17 bits per heavy atom. The molecule has 1 fully saturated rings. The van der Waals surface area contributed by atoms with Gasteiger partial charge in [-0.2, -0.15) is 0 Å². The van der Waals surface area contributed by atoms with Crippen LogP contribution in [0, 0.1) is 0 Å². The first-order chi connectivity index (χ1) is 11.4. The van der Waals surface area contributed by atoms with Crippen molar-refractivity contribution < 1.29 is 13.2 Å². The number of fused-ring (bicyclic) bond motifs is 1. The van der Waals surface area contributed by atoms with Crippen molar-refractivity contribution in [3.05, 3.63) is 18.2 Å². The van der Waals surface area contributed by atoms with Gasteiger partial charge in [0, 0.05) is 22.6 Å². The van der Waals surface area contributed by atoms with Crippen LogP contribution >= 0.6 is 11.8 Å². The number of carbonyl (C=O) groups excluding carboxylic acids is 1. The van der Waals surface area contributed by atoms with E-state index in [1.807, 2.05) is 6.92 Å². The summed E-state index contributed by atoms with van der Waals surface area (Å²) in [7, 11) is -3.56. The largest absolute Gasteiger partial charge is 0.325 e. The lowest BCUT2D eigenvalue weighted by molar-refractivity contribution is -0.116. The van der Waals surface area contributed by atoms with Gasteiger partial charge in [0.15, 0.2) is 0 Å². The van der Waals surface area contributed by atoms with Crippen molar-refractivity contribution in [3.63, 3.8) is 0 Å². The Morgan fingerprint density at radius 2 is 1.88 bits per heavy atom. The van der Waals surface area contributed by atoms with Gasteiger partial charge in [0.1, 0.15) is 0 Å². The van der Waals surface area contributed by atoms with Gasteiger partial charge in [-0.3, -0.25) is 4.79 Å². The van der Waals surface area contributed by atoms with E-state index in [0.29, 0.717) is 12.1 Å². The summed E-state index contributed by atoms with van der Waals surface area (Å²) >= 11 is 1.60. The van der Waals surface area contributed by atoms with E-state index in [1.165, 1.54) is 12.8 Å². The highest BCUT2D eigenvalue weighted by atomic mass is 32.2. The molecule has 1 amide bonds. The van der Waals surface area contributed by atoms with Crippen LogP contribution in [0.1, 0.15) is 51.9 Å². The maximum atomic E-state index is 12.7. The van der Waals surface area contributed by atoms with Gasteiger partial charge >= 0.3 is 0 Å². The zero-order chi connectivity index (χ0) is 17.2. The van der Waals surface area contributed by atoms with Crippen molar-refractivity contribution in [2.24, 2.45) is 0 Å². The molecule has 0 bridgehead atoms. The first-order valence-electron chi connectivity index (χ1n) is 8.57. The molecule has 24 heavy (non-hydrogen) atoms. The molecule has 1 aliphatic heterocycles. The highest BCUT2D eigenvalue weighted by Crippen LogP contribution is 2.36. The monoisotopic (exact) mass is 368 g/mol. The van der Waals surface area contributed by atoms with E-state index >= 15 is 0 Å². The molecule has 0 spiro atoms. The van der Waals surface area contributed by atoms with Crippen LogP contribution < -0.4 is 10.0 Å². The van der Waals surface area contributed by atoms with E-state index in [2.05, 4.69) is 10.0 Å². The molecule has 0 aromatic heterocycles. The molecule has 1 aromatic rings.